The first-order chi connectivity index (χ1) is 11.1. The minimum atomic E-state index is -0.0859. The highest BCUT2D eigenvalue weighted by Crippen LogP contribution is 2.49. The Labute approximate surface area is 138 Å². The van der Waals surface area contributed by atoms with Crippen LogP contribution in [0.15, 0.2) is 24.3 Å². The molecule has 0 radical (unpaired) electrons. The topological polar surface area (TPSA) is 49.4 Å². The van der Waals surface area contributed by atoms with E-state index in [1.54, 1.807) is 7.05 Å². The number of benzene rings is 1. The van der Waals surface area contributed by atoms with Gasteiger partial charge in [0, 0.05) is 32.6 Å². The van der Waals surface area contributed by atoms with Crippen LogP contribution in [-0.4, -0.2) is 30.8 Å². The van der Waals surface area contributed by atoms with Gasteiger partial charge in [0.2, 0.25) is 5.91 Å². The van der Waals surface area contributed by atoms with Gasteiger partial charge < -0.3 is 10.2 Å². The molecule has 1 aromatic carbocycles. The molecule has 1 N–H and O–H groups in total. The third-order valence-corrected chi connectivity index (χ3v) is 5.61. The van der Waals surface area contributed by atoms with Gasteiger partial charge in [-0.2, -0.15) is 0 Å². The lowest BCUT2D eigenvalue weighted by Crippen LogP contribution is -2.29. The van der Waals surface area contributed by atoms with Crippen LogP contribution < -0.4 is 5.32 Å². The fourth-order valence-electron chi connectivity index (χ4n) is 4.27. The summed E-state index contributed by atoms with van der Waals surface area (Å²) in [4.78, 5) is 25.8. The molecular weight excluding hydrogens is 288 g/mol. The van der Waals surface area contributed by atoms with Crippen molar-refractivity contribution in [1.82, 2.24) is 10.2 Å². The van der Waals surface area contributed by atoms with Crippen molar-refractivity contribution in [3.63, 3.8) is 0 Å². The minimum absolute atomic E-state index is 0.0859. The van der Waals surface area contributed by atoms with E-state index in [0.29, 0.717) is 24.4 Å². The highest BCUT2D eigenvalue weighted by molar-refractivity contribution is 5.93. The molecule has 3 rings (SSSR count). The Kier molecular flexibility index (Phi) is 4.69. The maximum atomic E-state index is 12.5. The Bertz CT molecular complexity index is 582. The van der Waals surface area contributed by atoms with Gasteiger partial charge in [0.05, 0.1) is 0 Å². The van der Waals surface area contributed by atoms with Crippen molar-refractivity contribution in [3.8, 4) is 0 Å². The summed E-state index contributed by atoms with van der Waals surface area (Å²) >= 11 is 0. The highest BCUT2D eigenvalue weighted by Gasteiger charge is 2.40. The lowest BCUT2D eigenvalue weighted by molar-refractivity contribution is -0.131. The lowest BCUT2D eigenvalue weighted by Gasteiger charge is -2.24. The van der Waals surface area contributed by atoms with Crippen LogP contribution in [0.2, 0.25) is 0 Å². The number of amides is 2. The van der Waals surface area contributed by atoms with E-state index in [0.717, 1.165) is 17.4 Å². The molecule has 4 nitrogen and oxygen atoms in total. The van der Waals surface area contributed by atoms with E-state index in [2.05, 4.69) is 5.32 Å². The van der Waals surface area contributed by atoms with E-state index in [-0.39, 0.29) is 11.8 Å². The zero-order valence-electron chi connectivity index (χ0n) is 14.0. The number of hydrogen-bond donors (Lipinski definition) is 1. The standard InChI is InChI=1S/C19H26N2O2/c1-20-19(23)15-6-3-13(4-7-15)12-21(2)18(22)11-17-10-14-5-8-16(17)9-14/h3-4,6-7,14,16-17H,5,8-12H2,1-2H3,(H,20,23)/t14-,16-,17+/m1/s1. The van der Waals surface area contributed by atoms with Gasteiger partial charge >= 0.3 is 0 Å². The average Bonchev–Trinajstić information content (AvgIpc) is 3.17. The molecule has 4 heteroatoms. The van der Waals surface area contributed by atoms with Crippen LogP contribution in [-0.2, 0) is 11.3 Å². The predicted octanol–water partition coefficient (Wildman–Crippen LogP) is 2.83. The molecule has 0 unspecified atom stereocenters. The molecule has 0 saturated heterocycles. The number of nitrogens with one attached hydrogen (secondary N) is 1. The summed E-state index contributed by atoms with van der Waals surface area (Å²) in [6.07, 6.45) is 6.01. The van der Waals surface area contributed by atoms with Gasteiger partial charge in [-0.15, -0.1) is 0 Å². The van der Waals surface area contributed by atoms with Crippen molar-refractivity contribution >= 4 is 11.8 Å². The van der Waals surface area contributed by atoms with Crippen molar-refractivity contribution in [2.45, 2.75) is 38.6 Å². The molecule has 23 heavy (non-hydrogen) atoms. The number of hydrogen-bond acceptors (Lipinski definition) is 2. The SMILES string of the molecule is CNC(=O)c1ccc(CN(C)C(=O)C[C@@H]2C[C@@H]3CC[C@@H]2C3)cc1. The first-order valence-electron chi connectivity index (χ1n) is 8.61. The fourth-order valence-corrected chi connectivity index (χ4v) is 4.27. The molecule has 2 aliphatic rings. The molecule has 124 valence electrons. The summed E-state index contributed by atoms with van der Waals surface area (Å²) < 4.78 is 0. The first kappa shape index (κ1) is 16.0. The van der Waals surface area contributed by atoms with Gasteiger partial charge in [-0.25, -0.2) is 0 Å². The van der Waals surface area contributed by atoms with Gasteiger partial charge in [0.1, 0.15) is 0 Å². The third-order valence-electron chi connectivity index (χ3n) is 5.61. The second kappa shape index (κ2) is 6.73. The lowest BCUT2D eigenvalue weighted by atomic mass is 9.86. The smallest absolute Gasteiger partial charge is 0.251 e. The van der Waals surface area contributed by atoms with Crippen LogP contribution in [0.1, 0.15) is 48.0 Å². The van der Waals surface area contributed by atoms with Gasteiger partial charge in [-0.05, 0) is 54.7 Å². The largest absolute Gasteiger partial charge is 0.355 e. The minimum Gasteiger partial charge on any atom is -0.355 e. The van der Waals surface area contributed by atoms with Crippen molar-refractivity contribution in [2.24, 2.45) is 17.8 Å². The van der Waals surface area contributed by atoms with Crippen molar-refractivity contribution < 1.29 is 9.59 Å². The van der Waals surface area contributed by atoms with Crippen LogP contribution in [0, 0.1) is 17.8 Å². The van der Waals surface area contributed by atoms with Crippen molar-refractivity contribution in [3.05, 3.63) is 35.4 Å². The zero-order chi connectivity index (χ0) is 16.4. The predicted molar refractivity (Wildman–Crippen MR) is 89.9 cm³/mol. The summed E-state index contributed by atoms with van der Waals surface area (Å²) in [6.45, 7) is 0.605. The van der Waals surface area contributed by atoms with Crippen LogP contribution >= 0.6 is 0 Å². The molecule has 0 aromatic heterocycles. The average molecular weight is 314 g/mol. The summed E-state index contributed by atoms with van der Waals surface area (Å²) in [5.74, 6) is 2.46. The Balaban J connectivity index is 1.52. The number of carbonyl (C=O) groups excluding carboxylic acids is 2. The molecule has 2 amide bonds. The van der Waals surface area contributed by atoms with Crippen molar-refractivity contribution in [2.75, 3.05) is 14.1 Å². The Morgan fingerprint density at radius 1 is 1.17 bits per heavy atom. The highest BCUT2D eigenvalue weighted by atomic mass is 16.2. The van der Waals surface area contributed by atoms with Gasteiger partial charge in [-0.3, -0.25) is 9.59 Å². The summed E-state index contributed by atoms with van der Waals surface area (Å²) in [6, 6.07) is 7.46. The van der Waals surface area contributed by atoms with E-state index < -0.39 is 0 Å². The molecule has 2 aliphatic carbocycles. The van der Waals surface area contributed by atoms with Crippen molar-refractivity contribution in [1.29, 1.82) is 0 Å². The van der Waals surface area contributed by atoms with E-state index in [4.69, 9.17) is 0 Å². The van der Waals surface area contributed by atoms with E-state index in [1.807, 2.05) is 36.2 Å². The number of carbonyl (C=O) groups is 2. The summed E-state index contributed by atoms with van der Waals surface area (Å²) in [7, 11) is 3.50. The fraction of sp³-hybridized carbons (Fsp3) is 0.579. The van der Waals surface area contributed by atoms with Crippen LogP contribution in [0.5, 0.6) is 0 Å². The van der Waals surface area contributed by atoms with Gasteiger partial charge in [0.25, 0.3) is 5.91 Å². The molecule has 0 heterocycles. The maximum absolute atomic E-state index is 12.5. The van der Waals surface area contributed by atoms with Gasteiger partial charge in [-0.1, -0.05) is 18.6 Å². The number of nitrogens with zero attached hydrogens (tertiary/aromatic N) is 1. The first-order valence-corrected chi connectivity index (χ1v) is 8.61. The molecule has 3 atom stereocenters. The quantitative estimate of drug-likeness (QED) is 0.908. The van der Waals surface area contributed by atoms with Crippen LogP contribution in [0.3, 0.4) is 0 Å². The normalized spacial score (nSPS) is 25.4. The monoisotopic (exact) mass is 314 g/mol. The molecule has 1 aromatic rings. The molecule has 2 saturated carbocycles. The second-order valence-electron chi connectivity index (χ2n) is 7.16. The maximum Gasteiger partial charge on any atom is 0.251 e. The Morgan fingerprint density at radius 3 is 2.48 bits per heavy atom. The van der Waals surface area contributed by atoms with E-state index in [9.17, 15) is 9.59 Å². The van der Waals surface area contributed by atoms with E-state index in [1.165, 1.54) is 25.7 Å². The Hall–Kier alpha value is -1.84. The second-order valence-corrected chi connectivity index (χ2v) is 7.16. The number of fused-ring (bicyclic) bond motifs is 2. The molecule has 0 aliphatic heterocycles. The number of rotatable bonds is 5. The van der Waals surface area contributed by atoms with E-state index >= 15 is 0 Å². The summed E-state index contributed by atoms with van der Waals surface area (Å²) in [5, 5.41) is 2.61. The molecule has 2 bridgehead atoms. The van der Waals surface area contributed by atoms with Gasteiger partial charge in [0.15, 0.2) is 0 Å². The van der Waals surface area contributed by atoms with Crippen LogP contribution in [0.25, 0.3) is 0 Å². The third kappa shape index (κ3) is 3.57. The summed E-state index contributed by atoms with van der Waals surface area (Å²) in [5.41, 5.74) is 1.70. The Morgan fingerprint density at radius 2 is 1.91 bits per heavy atom. The molecule has 2 fully saturated rings. The zero-order valence-corrected chi connectivity index (χ0v) is 14.0. The van der Waals surface area contributed by atoms with Crippen LogP contribution in [0.4, 0.5) is 0 Å². The molecular formula is C19H26N2O2. The molecule has 0 spiro atoms.